The number of sulfonamides is 1. The molecule has 1 N–H and O–H groups in total. The summed E-state index contributed by atoms with van der Waals surface area (Å²) < 4.78 is 27.6. The van der Waals surface area contributed by atoms with Crippen molar-refractivity contribution in [3.8, 4) is 0 Å². The highest BCUT2D eigenvalue weighted by Gasteiger charge is 2.37. The highest BCUT2D eigenvalue weighted by Crippen LogP contribution is 2.29. The first kappa shape index (κ1) is 16.8. The maximum Gasteiger partial charge on any atom is 0.322 e. The molecule has 3 rings (SSSR count). The van der Waals surface area contributed by atoms with Crippen molar-refractivity contribution in [2.75, 3.05) is 26.7 Å². The van der Waals surface area contributed by atoms with Crippen LogP contribution in [0.3, 0.4) is 0 Å². The number of carbonyl (C=O) groups is 1. The zero-order valence-corrected chi connectivity index (χ0v) is 14.3. The standard InChI is InChI=1S/C16H19N3O4S/c1-11-5-6-13-12(4-3-7-17-13)15(11)24(22,23)19-9-8-18(2)14(10-19)16(20)21/h3-7,14H,8-10H2,1-2H3,(H,20,21). The van der Waals surface area contributed by atoms with Gasteiger partial charge in [-0.15, -0.1) is 0 Å². The number of aromatic nitrogens is 1. The molecule has 2 aromatic rings. The minimum atomic E-state index is -3.81. The van der Waals surface area contributed by atoms with E-state index in [0.29, 0.717) is 23.0 Å². The molecular weight excluding hydrogens is 330 g/mol. The van der Waals surface area contributed by atoms with Gasteiger partial charge in [-0.25, -0.2) is 8.42 Å². The summed E-state index contributed by atoms with van der Waals surface area (Å²) in [6.07, 6.45) is 1.62. The van der Waals surface area contributed by atoms with Gasteiger partial charge in [-0.2, -0.15) is 4.31 Å². The Balaban J connectivity index is 2.09. The van der Waals surface area contributed by atoms with E-state index in [1.54, 1.807) is 49.3 Å². The zero-order valence-electron chi connectivity index (χ0n) is 13.5. The van der Waals surface area contributed by atoms with Crippen LogP contribution in [0.2, 0.25) is 0 Å². The van der Waals surface area contributed by atoms with Gasteiger partial charge < -0.3 is 5.11 Å². The molecule has 128 valence electrons. The number of carboxylic acid groups (broad SMARTS) is 1. The second kappa shape index (κ2) is 6.12. The van der Waals surface area contributed by atoms with Crippen LogP contribution in [0.25, 0.3) is 10.9 Å². The molecule has 0 aliphatic carbocycles. The van der Waals surface area contributed by atoms with Crippen LogP contribution in [0, 0.1) is 6.92 Å². The number of hydrogen-bond donors (Lipinski definition) is 1. The van der Waals surface area contributed by atoms with Gasteiger partial charge in [0.05, 0.1) is 10.4 Å². The number of carboxylic acids is 1. The first-order valence-electron chi connectivity index (χ1n) is 7.60. The van der Waals surface area contributed by atoms with Crippen LogP contribution in [0.5, 0.6) is 0 Å². The van der Waals surface area contributed by atoms with E-state index in [2.05, 4.69) is 4.98 Å². The van der Waals surface area contributed by atoms with Crippen molar-refractivity contribution in [2.24, 2.45) is 0 Å². The second-order valence-electron chi connectivity index (χ2n) is 5.98. The molecule has 1 aromatic carbocycles. The number of likely N-dealkylation sites (N-methyl/N-ethyl adjacent to an activating group) is 1. The van der Waals surface area contributed by atoms with Gasteiger partial charge in [-0.05, 0) is 37.7 Å². The Morgan fingerprint density at radius 3 is 2.75 bits per heavy atom. The smallest absolute Gasteiger partial charge is 0.322 e. The maximum absolute atomic E-state index is 13.2. The number of nitrogens with zero attached hydrogens (tertiary/aromatic N) is 3. The van der Waals surface area contributed by atoms with Crippen molar-refractivity contribution in [3.63, 3.8) is 0 Å². The average molecular weight is 349 g/mol. The number of aryl methyl sites for hydroxylation is 1. The monoisotopic (exact) mass is 349 g/mol. The second-order valence-corrected chi connectivity index (χ2v) is 7.85. The van der Waals surface area contributed by atoms with Crippen LogP contribution in [0.4, 0.5) is 0 Å². The van der Waals surface area contributed by atoms with Gasteiger partial charge in [-0.1, -0.05) is 6.07 Å². The van der Waals surface area contributed by atoms with Crippen LogP contribution in [0.15, 0.2) is 35.4 Å². The van der Waals surface area contributed by atoms with Crippen molar-refractivity contribution in [1.82, 2.24) is 14.2 Å². The number of fused-ring (bicyclic) bond motifs is 1. The Morgan fingerprint density at radius 2 is 2.04 bits per heavy atom. The Bertz CT molecular complexity index is 897. The topological polar surface area (TPSA) is 90.8 Å². The molecule has 1 unspecified atom stereocenters. The number of pyridine rings is 1. The number of aliphatic carboxylic acids is 1. The lowest BCUT2D eigenvalue weighted by Gasteiger charge is -2.36. The van der Waals surface area contributed by atoms with E-state index < -0.39 is 22.0 Å². The minimum Gasteiger partial charge on any atom is -0.480 e. The molecular formula is C16H19N3O4S. The molecule has 1 atom stereocenters. The third-order valence-corrected chi connectivity index (χ3v) is 6.50. The van der Waals surface area contributed by atoms with Gasteiger partial charge in [0.1, 0.15) is 6.04 Å². The Morgan fingerprint density at radius 1 is 1.29 bits per heavy atom. The van der Waals surface area contributed by atoms with E-state index in [1.807, 2.05) is 0 Å². The number of piperazine rings is 1. The van der Waals surface area contributed by atoms with Crippen LogP contribution < -0.4 is 0 Å². The van der Waals surface area contributed by atoms with E-state index in [1.165, 1.54) is 4.31 Å². The largest absolute Gasteiger partial charge is 0.480 e. The summed E-state index contributed by atoms with van der Waals surface area (Å²) >= 11 is 0. The van der Waals surface area contributed by atoms with Gasteiger partial charge in [0.25, 0.3) is 0 Å². The Labute approximate surface area is 140 Å². The fraction of sp³-hybridized carbons (Fsp3) is 0.375. The molecule has 2 heterocycles. The lowest BCUT2D eigenvalue weighted by molar-refractivity contribution is -0.144. The third-order valence-electron chi connectivity index (χ3n) is 4.43. The fourth-order valence-electron chi connectivity index (χ4n) is 3.04. The molecule has 1 fully saturated rings. The number of rotatable bonds is 3. The SMILES string of the molecule is Cc1ccc2ncccc2c1S(=O)(=O)N1CCN(C)C(C(=O)O)C1. The van der Waals surface area contributed by atoms with Gasteiger partial charge in [0.15, 0.2) is 0 Å². The average Bonchev–Trinajstić information content (AvgIpc) is 2.54. The Kier molecular flexibility index (Phi) is 4.29. The van der Waals surface area contributed by atoms with Gasteiger partial charge in [0.2, 0.25) is 10.0 Å². The third kappa shape index (κ3) is 2.77. The molecule has 7 nitrogen and oxygen atoms in total. The van der Waals surface area contributed by atoms with Gasteiger partial charge in [0, 0.05) is 31.2 Å². The van der Waals surface area contributed by atoms with Crippen LogP contribution in [-0.4, -0.2) is 66.4 Å². The molecule has 1 aliphatic heterocycles. The molecule has 0 spiro atoms. The first-order chi connectivity index (χ1) is 11.3. The van der Waals surface area contributed by atoms with E-state index in [9.17, 15) is 18.3 Å². The Hall–Kier alpha value is -2.03. The summed E-state index contributed by atoms with van der Waals surface area (Å²) in [6, 6.07) is 6.10. The van der Waals surface area contributed by atoms with Gasteiger partial charge in [-0.3, -0.25) is 14.7 Å². The molecule has 0 bridgehead atoms. The van der Waals surface area contributed by atoms with Crippen LogP contribution in [0.1, 0.15) is 5.56 Å². The van der Waals surface area contributed by atoms with Crippen molar-refractivity contribution in [2.45, 2.75) is 17.9 Å². The zero-order chi connectivity index (χ0) is 17.5. The summed E-state index contributed by atoms with van der Waals surface area (Å²) in [5.74, 6) is -1.02. The fourth-order valence-corrected chi connectivity index (χ4v) is 4.88. The first-order valence-corrected chi connectivity index (χ1v) is 9.04. The predicted molar refractivity (Wildman–Crippen MR) is 89.3 cm³/mol. The van der Waals surface area contributed by atoms with E-state index in [0.717, 1.165) is 0 Å². The molecule has 8 heteroatoms. The quantitative estimate of drug-likeness (QED) is 0.887. The highest BCUT2D eigenvalue weighted by atomic mass is 32.2. The van der Waals surface area contributed by atoms with Crippen molar-refractivity contribution in [3.05, 3.63) is 36.0 Å². The summed E-state index contributed by atoms with van der Waals surface area (Å²) in [5.41, 5.74) is 1.23. The van der Waals surface area contributed by atoms with Crippen molar-refractivity contribution >= 4 is 26.9 Å². The molecule has 1 aliphatic rings. The van der Waals surface area contributed by atoms with Gasteiger partial charge >= 0.3 is 5.97 Å². The highest BCUT2D eigenvalue weighted by molar-refractivity contribution is 7.89. The lowest BCUT2D eigenvalue weighted by Crippen LogP contribution is -2.56. The lowest BCUT2D eigenvalue weighted by atomic mass is 10.1. The molecule has 0 amide bonds. The number of hydrogen-bond acceptors (Lipinski definition) is 5. The van der Waals surface area contributed by atoms with Crippen LogP contribution >= 0.6 is 0 Å². The minimum absolute atomic E-state index is 0.0652. The summed E-state index contributed by atoms with van der Waals surface area (Å²) in [5, 5.41) is 9.87. The van der Waals surface area contributed by atoms with E-state index in [4.69, 9.17) is 0 Å². The summed E-state index contributed by atoms with van der Waals surface area (Å²) in [7, 11) is -2.12. The molecule has 1 aromatic heterocycles. The van der Waals surface area contributed by atoms with Crippen molar-refractivity contribution < 1.29 is 18.3 Å². The van der Waals surface area contributed by atoms with Crippen molar-refractivity contribution in [1.29, 1.82) is 0 Å². The van der Waals surface area contributed by atoms with E-state index in [-0.39, 0.29) is 18.0 Å². The number of benzene rings is 1. The maximum atomic E-state index is 13.2. The molecule has 1 saturated heterocycles. The van der Waals surface area contributed by atoms with E-state index >= 15 is 0 Å². The molecule has 0 radical (unpaired) electrons. The summed E-state index contributed by atoms with van der Waals surface area (Å²) in [4.78, 5) is 17.5. The summed E-state index contributed by atoms with van der Waals surface area (Å²) in [6.45, 7) is 2.31. The molecule has 24 heavy (non-hydrogen) atoms. The predicted octanol–water partition coefficient (Wildman–Crippen LogP) is 0.933. The molecule has 0 saturated carbocycles. The normalized spacial score (nSPS) is 20.3. The van der Waals surface area contributed by atoms with Crippen LogP contribution in [-0.2, 0) is 14.8 Å².